The molecule has 1 N–H and O–H groups in total. The first-order valence-corrected chi connectivity index (χ1v) is 22.8. The quantitative estimate of drug-likeness (QED) is 0.0825. The third-order valence-electron chi connectivity index (χ3n) is 12.4. The van der Waals surface area contributed by atoms with E-state index in [1.807, 2.05) is 39.0 Å². The Labute approximate surface area is 377 Å². The molecule has 0 fully saturated rings. The van der Waals surface area contributed by atoms with Crippen molar-refractivity contribution < 1.29 is 0 Å². The highest BCUT2D eigenvalue weighted by atomic mass is 32.1. The Balaban J connectivity index is 0.00000268. The van der Waals surface area contributed by atoms with E-state index in [9.17, 15) is 0 Å². The number of para-hydroxylation sites is 1. The molecule has 0 saturated heterocycles. The zero-order valence-electron chi connectivity index (χ0n) is 37.2. The molecule has 2 aromatic heterocycles. The lowest BCUT2D eigenvalue weighted by molar-refractivity contribution is 0.566. The zero-order valence-corrected chi connectivity index (χ0v) is 38.0. The topological polar surface area (TPSA) is 17.0 Å². The second-order valence-corrected chi connectivity index (χ2v) is 16.7. The third-order valence-corrected chi connectivity index (χ3v) is 13.5. The molecule has 1 aliphatic rings. The molecule has 0 bridgehead atoms. The van der Waals surface area contributed by atoms with Gasteiger partial charge in [0.05, 0.1) is 11.0 Å². The highest BCUT2D eigenvalue weighted by Crippen LogP contribution is 2.52. The van der Waals surface area contributed by atoms with Crippen LogP contribution in [0.25, 0.3) is 89.9 Å². The minimum absolute atomic E-state index is 0.679. The van der Waals surface area contributed by atoms with Gasteiger partial charge in [-0.3, -0.25) is 0 Å². The van der Waals surface area contributed by atoms with E-state index < -0.39 is 5.54 Å². The van der Waals surface area contributed by atoms with Crippen LogP contribution < -0.4 is 5.32 Å². The molecule has 1 atom stereocenters. The first-order chi connectivity index (χ1) is 30.9. The summed E-state index contributed by atoms with van der Waals surface area (Å²) in [5, 5.41) is 9.87. The fraction of sp³-hybridized carbons (Fsp3) is 0.133. The van der Waals surface area contributed by atoms with Gasteiger partial charge in [-0.15, -0.1) is 11.3 Å². The number of terminal acetylenes is 1. The summed E-state index contributed by atoms with van der Waals surface area (Å²) in [6, 6.07) is 43.0. The number of nitrogens with one attached hydrogen (secondary N) is 1. The van der Waals surface area contributed by atoms with Crippen LogP contribution in [0.3, 0.4) is 0 Å². The first-order valence-electron chi connectivity index (χ1n) is 21.9. The van der Waals surface area contributed by atoms with E-state index in [0.29, 0.717) is 6.42 Å². The third kappa shape index (κ3) is 7.02. The van der Waals surface area contributed by atoms with Gasteiger partial charge in [-0.2, -0.15) is 0 Å². The highest BCUT2D eigenvalue weighted by Gasteiger charge is 2.47. The van der Waals surface area contributed by atoms with Crippen molar-refractivity contribution in [1.82, 2.24) is 9.88 Å². The van der Waals surface area contributed by atoms with Gasteiger partial charge in [-0.25, -0.2) is 0 Å². The van der Waals surface area contributed by atoms with E-state index in [2.05, 4.69) is 202 Å². The summed E-state index contributed by atoms with van der Waals surface area (Å²) >= 11 is 1.80. The second kappa shape index (κ2) is 18.1. The first kappa shape index (κ1) is 42.6. The Bertz CT molecular complexity index is 3280. The highest BCUT2D eigenvalue weighted by molar-refractivity contribution is 7.20. The van der Waals surface area contributed by atoms with Crippen molar-refractivity contribution >= 4 is 90.1 Å². The summed E-state index contributed by atoms with van der Waals surface area (Å²) in [4.78, 5) is 1.19. The number of benzene rings is 6. The number of allylic oxidation sites excluding steroid dienone is 6. The van der Waals surface area contributed by atoms with Gasteiger partial charge in [-0.05, 0) is 131 Å². The number of fused-ring (bicyclic) bond motifs is 7. The smallest absolute Gasteiger partial charge is 0.119 e. The average molecular weight is 835 g/mol. The molecule has 0 aliphatic heterocycles. The lowest BCUT2D eigenvalue weighted by Crippen LogP contribution is -2.41. The minimum Gasteiger partial charge on any atom is -0.328 e. The Kier molecular flexibility index (Phi) is 12.2. The van der Waals surface area contributed by atoms with Gasteiger partial charge in [-0.1, -0.05) is 167 Å². The van der Waals surface area contributed by atoms with Crippen LogP contribution in [0.2, 0.25) is 0 Å². The SMILES string of the molecule is C#CNC1(c2cccc(-c3ccccc3)c2)/C(=C(\C)n2c3ccccc3c3cc4c(ccc5sc(C=C)c(/C=C\C)c54)cc32)Cc2c1cc(/C=C\C=C/C)c(C=C)c2/C=C\C.CC. The fourth-order valence-electron chi connectivity index (χ4n) is 9.80. The Morgan fingerprint density at radius 2 is 1.46 bits per heavy atom. The van der Waals surface area contributed by atoms with Gasteiger partial charge >= 0.3 is 0 Å². The summed E-state index contributed by atoms with van der Waals surface area (Å²) in [5.41, 5.74) is 14.1. The maximum atomic E-state index is 6.49. The van der Waals surface area contributed by atoms with Gasteiger partial charge < -0.3 is 9.88 Å². The molecule has 6 aromatic carbocycles. The fourth-order valence-corrected chi connectivity index (χ4v) is 10.9. The monoisotopic (exact) mass is 834 g/mol. The lowest BCUT2D eigenvalue weighted by atomic mass is 9.78. The molecule has 3 heteroatoms. The molecule has 0 amide bonds. The van der Waals surface area contributed by atoms with Gasteiger partial charge in [0, 0.05) is 43.0 Å². The predicted molar refractivity (Wildman–Crippen MR) is 281 cm³/mol. The molecular formula is C60H54N2S. The molecule has 8 aromatic rings. The maximum absolute atomic E-state index is 6.49. The van der Waals surface area contributed by atoms with Crippen LogP contribution in [-0.2, 0) is 12.0 Å². The van der Waals surface area contributed by atoms with Crippen molar-refractivity contribution in [2.75, 3.05) is 0 Å². The van der Waals surface area contributed by atoms with Gasteiger partial charge in [0.25, 0.3) is 0 Å². The van der Waals surface area contributed by atoms with Crippen LogP contribution in [0.15, 0.2) is 158 Å². The average Bonchev–Trinajstić information content (AvgIpc) is 3.97. The molecule has 1 unspecified atom stereocenters. The molecule has 9 rings (SSSR count). The molecule has 2 heterocycles. The largest absolute Gasteiger partial charge is 0.328 e. The molecule has 310 valence electrons. The van der Waals surface area contributed by atoms with Crippen LogP contribution >= 0.6 is 11.3 Å². The predicted octanol–water partition coefficient (Wildman–Crippen LogP) is 16.7. The Hall–Kier alpha value is -7.12. The van der Waals surface area contributed by atoms with E-state index in [1.165, 1.54) is 53.2 Å². The van der Waals surface area contributed by atoms with Crippen LogP contribution in [0.1, 0.15) is 85.4 Å². The van der Waals surface area contributed by atoms with Crippen molar-refractivity contribution in [3.63, 3.8) is 0 Å². The van der Waals surface area contributed by atoms with Crippen LogP contribution in [0.4, 0.5) is 0 Å². The van der Waals surface area contributed by atoms with Crippen molar-refractivity contribution in [1.29, 1.82) is 0 Å². The summed E-state index contributed by atoms with van der Waals surface area (Å²) in [5.74, 6) is 0. The van der Waals surface area contributed by atoms with E-state index in [0.717, 1.165) is 55.7 Å². The minimum atomic E-state index is -0.877. The zero-order chi connectivity index (χ0) is 44.3. The number of hydrogen-bond acceptors (Lipinski definition) is 2. The standard InChI is InChI=1S/C58H48N2S.C2H6/c1-8-14-16-26-41-34-52-49(45(22-9-2)44(41)11-4)37-51(58(52,59-13-6)43-28-21-27-40(33-43)39-24-17-15-18-25-39)38(7)60-53-30-20-19-29-46(53)50-36-48-42(35-54(50)60)31-32-56-57(48)47(23-10-3)55(12-5)61-56;1-2/h6,8-12,14-36,59H,4-5,37H2,1-3,7H3;1-2H3/b14-8-,22-9-,23-10-,26-16-,51-38+;. The maximum Gasteiger partial charge on any atom is 0.119 e. The van der Waals surface area contributed by atoms with Crippen LogP contribution in [0, 0.1) is 12.5 Å². The summed E-state index contributed by atoms with van der Waals surface area (Å²) in [6.45, 7) is 21.0. The number of aromatic nitrogens is 1. The van der Waals surface area contributed by atoms with Crippen molar-refractivity contribution in [3.8, 4) is 23.6 Å². The van der Waals surface area contributed by atoms with Gasteiger partial charge in [0.2, 0.25) is 0 Å². The van der Waals surface area contributed by atoms with Crippen molar-refractivity contribution in [2.24, 2.45) is 0 Å². The van der Waals surface area contributed by atoms with Gasteiger partial charge in [0.1, 0.15) is 5.54 Å². The molecule has 63 heavy (non-hydrogen) atoms. The van der Waals surface area contributed by atoms with Gasteiger partial charge in [0.15, 0.2) is 0 Å². The summed E-state index contributed by atoms with van der Waals surface area (Å²) in [6.07, 6.45) is 28.3. The number of nitrogens with zero attached hydrogens (tertiary/aromatic N) is 1. The van der Waals surface area contributed by atoms with E-state index >= 15 is 0 Å². The van der Waals surface area contributed by atoms with Crippen molar-refractivity contribution in [3.05, 3.63) is 202 Å². The summed E-state index contributed by atoms with van der Waals surface area (Å²) in [7, 11) is 0. The Morgan fingerprint density at radius 3 is 2.19 bits per heavy atom. The molecule has 2 nitrogen and oxygen atoms in total. The normalized spacial score (nSPS) is 15.8. The van der Waals surface area contributed by atoms with E-state index in [1.54, 1.807) is 11.3 Å². The number of rotatable bonds is 10. The molecule has 1 aliphatic carbocycles. The van der Waals surface area contributed by atoms with E-state index in [4.69, 9.17) is 6.42 Å². The second-order valence-electron chi connectivity index (χ2n) is 15.6. The number of hydrogen-bond donors (Lipinski definition) is 1. The molecule has 0 saturated carbocycles. The Morgan fingerprint density at radius 1 is 0.714 bits per heavy atom. The molecule has 0 spiro atoms. The molecular weight excluding hydrogens is 781 g/mol. The molecule has 0 radical (unpaired) electrons. The van der Waals surface area contributed by atoms with Crippen LogP contribution in [-0.4, -0.2) is 4.57 Å². The lowest BCUT2D eigenvalue weighted by Gasteiger charge is -2.35. The summed E-state index contributed by atoms with van der Waals surface area (Å²) < 4.78 is 3.75. The van der Waals surface area contributed by atoms with E-state index in [-0.39, 0.29) is 0 Å². The van der Waals surface area contributed by atoms with Crippen LogP contribution in [0.5, 0.6) is 0 Å². The van der Waals surface area contributed by atoms with Crippen molar-refractivity contribution in [2.45, 2.75) is 53.5 Å². The number of thiophene rings is 1.